The summed E-state index contributed by atoms with van der Waals surface area (Å²) in [4.78, 5) is 24.0. The fourth-order valence-corrected chi connectivity index (χ4v) is 2.73. The third-order valence-corrected chi connectivity index (χ3v) is 4.20. The Hall–Kier alpha value is -2.12. The van der Waals surface area contributed by atoms with Gasteiger partial charge in [0, 0.05) is 24.5 Å². The number of benzene rings is 1. The lowest BCUT2D eigenvalue weighted by molar-refractivity contribution is -0.120. The van der Waals surface area contributed by atoms with E-state index in [1.165, 1.54) is 0 Å². The van der Waals surface area contributed by atoms with E-state index < -0.39 is 5.54 Å². The predicted octanol–water partition coefficient (Wildman–Crippen LogP) is 2.44. The van der Waals surface area contributed by atoms with Crippen molar-refractivity contribution in [2.24, 2.45) is 5.73 Å². The molecule has 2 unspecified atom stereocenters. The number of nitrogens with two attached hydrogens (primary N) is 1. The van der Waals surface area contributed by atoms with E-state index in [1.54, 1.807) is 31.2 Å². The second-order valence-corrected chi connectivity index (χ2v) is 6.67. The molecule has 2 atom stereocenters. The highest BCUT2D eigenvalue weighted by Crippen LogP contribution is 2.17. The van der Waals surface area contributed by atoms with E-state index in [9.17, 15) is 9.59 Å². The summed E-state index contributed by atoms with van der Waals surface area (Å²) in [5.74, 6) is -0.218. The highest BCUT2D eigenvalue weighted by Gasteiger charge is 2.27. The van der Waals surface area contributed by atoms with E-state index in [1.807, 2.05) is 6.92 Å². The summed E-state index contributed by atoms with van der Waals surface area (Å²) in [6, 6.07) is 6.65. The molecule has 1 saturated heterocycles. The monoisotopic (exact) mass is 348 g/mol. The van der Waals surface area contributed by atoms with Crippen molar-refractivity contribution in [3.8, 4) is 0 Å². The van der Waals surface area contributed by atoms with Crippen molar-refractivity contribution in [3.63, 3.8) is 0 Å². The van der Waals surface area contributed by atoms with Gasteiger partial charge in [-0.25, -0.2) is 4.79 Å². The van der Waals surface area contributed by atoms with Gasteiger partial charge in [0.15, 0.2) is 0 Å². The van der Waals surface area contributed by atoms with Gasteiger partial charge >= 0.3 is 6.03 Å². The molecule has 7 nitrogen and oxygen atoms in total. The molecule has 0 bridgehead atoms. The number of ether oxygens (including phenoxy) is 1. The molecule has 0 saturated carbocycles. The fraction of sp³-hybridized carbons (Fsp3) is 0.556. The largest absolute Gasteiger partial charge is 0.376 e. The van der Waals surface area contributed by atoms with Crippen LogP contribution in [0.15, 0.2) is 24.3 Å². The molecule has 0 radical (unpaired) electrons. The van der Waals surface area contributed by atoms with Crippen LogP contribution >= 0.6 is 0 Å². The molecular weight excluding hydrogens is 320 g/mol. The summed E-state index contributed by atoms with van der Waals surface area (Å²) in [6.07, 6.45) is 3.58. The number of carbonyl (C=O) groups excluding carboxylic acids is 2. The number of nitrogens with one attached hydrogen (secondary N) is 3. The van der Waals surface area contributed by atoms with Crippen molar-refractivity contribution in [1.82, 2.24) is 5.32 Å². The first-order valence-corrected chi connectivity index (χ1v) is 8.77. The molecule has 25 heavy (non-hydrogen) atoms. The highest BCUT2D eigenvalue weighted by molar-refractivity contribution is 5.98. The average molecular weight is 348 g/mol. The Morgan fingerprint density at radius 3 is 2.44 bits per heavy atom. The van der Waals surface area contributed by atoms with Crippen molar-refractivity contribution in [2.45, 2.75) is 51.2 Å². The maximum Gasteiger partial charge on any atom is 0.319 e. The van der Waals surface area contributed by atoms with Gasteiger partial charge in [0.2, 0.25) is 5.91 Å². The van der Waals surface area contributed by atoms with Crippen LogP contribution in [0.2, 0.25) is 0 Å². The second-order valence-electron chi connectivity index (χ2n) is 6.67. The van der Waals surface area contributed by atoms with Crippen LogP contribution in [0.25, 0.3) is 0 Å². The number of rotatable bonds is 7. The Bertz CT molecular complexity index is 580. The molecule has 5 N–H and O–H groups in total. The molecule has 0 aliphatic carbocycles. The summed E-state index contributed by atoms with van der Waals surface area (Å²) < 4.78 is 5.46. The van der Waals surface area contributed by atoms with Gasteiger partial charge in [-0.05, 0) is 50.5 Å². The first-order valence-electron chi connectivity index (χ1n) is 8.77. The Morgan fingerprint density at radius 1 is 1.24 bits per heavy atom. The summed E-state index contributed by atoms with van der Waals surface area (Å²) in [6.45, 7) is 4.98. The molecule has 1 aromatic rings. The van der Waals surface area contributed by atoms with Gasteiger partial charge in [-0.1, -0.05) is 13.3 Å². The quantitative estimate of drug-likeness (QED) is 0.607. The molecule has 1 heterocycles. The third-order valence-electron chi connectivity index (χ3n) is 4.20. The van der Waals surface area contributed by atoms with Crippen molar-refractivity contribution in [2.75, 3.05) is 23.8 Å². The van der Waals surface area contributed by atoms with Crippen LogP contribution in [0.3, 0.4) is 0 Å². The number of carbonyl (C=O) groups is 2. The van der Waals surface area contributed by atoms with Gasteiger partial charge in [0.1, 0.15) is 0 Å². The molecular formula is C18H28N4O3. The average Bonchev–Trinajstić information content (AvgIpc) is 3.08. The normalized spacial score (nSPS) is 19.1. The van der Waals surface area contributed by atoms with Crippen LogP contribution in [-0.4, -0.2) is 36.7 Å². The molecule has 138 valence electrons. The molecule has 0 aromatic heterocycles. The molecule has 1 fully saturated rings. The first kappa shape index (κ1) is 19.2. The smallest absolute Gasteiger partial charge is 0.319 e. The summed E-state index contributed by atoms with van der Waals surface area (Å²) >= 11 is 0. The third kappa shape index (κ3) is 6.03. The number of amides is 3. The number of hydrogen-bond donors (Lipinski definition) is 4. The molecule has 7 heteroatoms. The number of urea groups is 1. The summed E-state index contributed by atoms with van der Waals surface area (Å²) in [5.41, 5.74) is 6.40. The molecule has 0 spiro atoms. The van der Waals surface area contributed by atoms with Crippen molar-refractivity contribution >= 4 is 23.3 Å². The van der Waals surface area contributed by atoms with Crippen LogP contribution in [0.4, 0.5) is 16.2 Å². The molecule has 1 aliphatic heterocycles. The molecule has 1 aromatic carbocycles. The van der Waals surface area contributed by atoms with Gasteiger partial charge in [0.25, 0.3) is 0 Å². The summed E-state index contributed by atoms with van der Waals surface area (Å²) in [7, 11) is 0. The Balaban J connectivity index is 1.80. The van der Waals surface area contributed by atoms with E-state index in [4.69, 9.17) is 10.5 Å². The molecule has 2 rings (SSSR count). The van der Waals surface area contributed by atoms with Crippen molar-refractivity contribution in [1.29, 1.82) is 0 Å². The Labute approximate surface area is 148 Å². The van der Waals surface area contributed by atoms with E-state index in [-0.39, 0.29) is 18.0 Å². The lowest BCUT2D eigenvalue weighted by atomic mass is 9.96. The van der Waals surface area contributed by atoms with Crippen LogP contribution < -0.4 is 21.7 Å². The molecule has 1 aliphatic rings. The van der Waals surface area contributed by atoms with Gasteiger partial charge in [-0.15, -0.1) is 0 Å². The Morgan fingerprint density at radius 2 is 1.88 bits per heavy atom. The fourth-order valence-electron chi connectivity index (χ4n) is 2.73. The standard InChI is InChI=1S/C18H28N4O3/c1-3-10-18(2,19)16(23)21-13-6-8-14(9-7-13)22-17(24)20-12-15-5-4-11-25-15/h6-9,15H,3-5,10-12,19H2,1-2H3,(H,21,23)(H2,20,22,24). The highest BCUT2D eigenvalue weighted by atomic mass is 16.5. The number of hydrogen-bond acceptors (Lipinski definition) is 4. The predicted molar refractivity (Wildman–Crippen MR) is 98.6 cm³/mol. The van der Waals surface area contributed by atoms with Crippen LogP contribution in [0.5, 0.6) is 0 Å². The van der Waals surface area contributed by atoms with Gasteiger partial charge in [-0.2, -0.15) is 0 Å². The second kappa shape index (κ2) is 8.82. The summed E-state index contributed by atoms with van der Waals surface area (Å²) in [5, 5.41) is 8.35. The minimum absolute atomic E-state index is 0.108. The zero-order valence-corrected chi connectivity index (χ0v) is 14.9. The lowest BCUT2D eigenvalue weighted by Gasteiger charge is -2.22. The van der Waals surface area contributed by atoms with Crippen LogP contribution in [0.1, 0.15) is 39.5 Å². The van der Waals surface area contributed by atoms with Gasteiger partial charge < -0.3 is 26.4 Å². The van der Waals surface area contributed by atoms with Crippen LogP contribution in [0, 0.1) is 0 Å². The van der Waals surface area contributed by atoms with E-state index in [2.05, 4.69) is 16.0 Å². The molecule has 3 amide bonds. The van der Waals surface area contributed by atoms with E-state index in [0.717, 1.165) is 25.9 Å². The van der Waals surface area contributed by atoms with Crippen molar-refractivity contribution in [3.05, 3.63) is 24.3 Å². The van der Waals surface area contributed by atoms with E-state index >= 15 is 0 Å². The minimum Gasteiger partial charge on any atom is -0.376 e. The van der Waals surface area contributed by atoms with Crippen LogP contribution in [-0.2, 0) is 9.53 Å². The minimum atomic E-state index is -0.895. The number of anilines is 2. The van der Waals surface area contributed by atoms with Crippen molar-refractivity contribution < 1.29 is 14.3 Å². The zero-order valence-electron chi connectivity index (χ0n) is 14.9. The SMILES string of the molecule is CCCC(C)(N)C(=O)Nc1ccc(NC(=O)NCC2CCCO2)cc1. The van der Waals surface area contributed by atoms with E-state index in [0.29, 0.717) is 24.3 Å². The first-order chi connectivity index (χ1) is 11.9. The maximum atomic E-state index is 12.2. The lowest BCUT2D eigenvalue weighted by Crippen LogP contribution is -2.48. The van der Waals surface area contributed by atoms with Gasteiger partial charge in [0.05, 0.1) is 11.6 Å². The zero-order chi connectivity index (χ0) is 18.3. The van der Waals surface area contributed by atoms with Gasteiger partial charge in [-0.3, -0.25) is 4.79 Å². The Kier molecular flexibility index (Phi) is 6.78. The topological polar surface area (TPSA) is 105 Å². The maximum absolute atomic E-state index is 12.2.